The smallest absolute Gasteiger partial charge is 0.230 e. The van der Waals surface area contributed by atoms with Gasteiger partial charge in [-0.1, -0.05) is 32.8 Å². The van der Waals surface area contributed by atoms with Crippen molar-refractivity contribution in [3.05, 3.63) is 24.3 Å². The first-order valence-corrected chi connectivity index (χ1v) is 14.9. The van der Waals surface area contributed by atoms with Gasteiger partial charge in [-0.15, -0.1) is 0 Å². The Labute approximate surface area is 211 Å². The fourth-order valence-corrected chi connectivity index (χ4v) is 9.87. The Morgan fingerprint density at radius 3 is 2.74 bits per heavy atom. The molecule has 4 heteroatoms. The topological polar surface area (TPSA) is 38.3 Å². The summed E-state index contributed by atoms with van der Waals surface area (Å²) in [6.07, 6.45) is 17.6. The first kappa shape index (κ1) is 24.5. The van der Waals surface area contributed by atoms with Crippen LogP contribution in [-0.2, 0) is 4.79 Å². The summed E-state index contributed by atoms with van der Waals surface area (Å²) in [5.74, 6) is 5.71. The van der Waals surface area contributed by atoms with Crippen LogP contribution in [0, 0.1) is 40.4 Å². The van der Waals surface area contributed by atoms with Crippen LogP contribution < -0.4 is 9.46 Å². The van der Waals surface area contributed by atoms with Gasteiger partial charge in [0.1, 0.15) is 5.75 Å². The SMILES string of the molecule is COc1cccc(SNC(=O)CCCC2CCC3C4CCC5CCCCC5(C)C4CCC23C)c1. The largest absolute Gasteiger partial charge is 0.497 e. The van der Waals surface area contributed by atoms with E-state index in [9.17, 15) is 4.79 Å². The molecule has 0 saturated heterocycles. The highest BCUT2D eigenvalue weighted by molar-refractivity contribution is 7.98. The molecule has 34 heavy (non-hydrogen) atoms. The number of amides is 1. The van der Waals surface area contributed by atoms with Crippen LogP contribution in [0.2, 0.25) is 0 Å². The molecule has 4 aliphatic carbocycles. The lowest BCUT2D eigenvalue weighted by Gasteiger charge is -2.60. The lowest BCUT2D eigenvalue weighted by atomic mass is 9.45. The van der Waals surface area contributed by atoms with Crippen molar-refractivity contribution in [3.63, 3.8) is 0 Å². The van der Waals surface area contributed by atoms with Gasteiger partial charge in [-0.05, 0) is 135 Å². The Morgan fingerprint density at radius 2 is 1.88 bits per heavy atom. The number of hydrogen-bond donors (Lipinski definition) is 1. The summed E-state index contributed by atoms with van der Waals surface area (Å²) in [5, 5.41) is 0. The quantitative estimate of drug-likeness (QED) is 0.399. The van der Waals surface area contributed by atoms with E-state index >= 15 is 0 Å². The molecule has 0 heterocycles. The number of nitrogens with one attached hydrogen (secondary N) is 1. The fourth-order valence-electron chi connectivity index (χ4n) is 9.22. The van der Waals surface area contributed by atoms with E-state index in [0.717, 1.165) is 46.7 Å². The molecule has 7 atom stereocenters. The van der Waals surface area contributed by atoms with Gasteiger partial charge in [-0.25, -0.2) is 0 Å². The van der Waals surface area contributed by atoms with Crippen LogP contribution in [-0.4, -0.2) is 13.0 Å². The zero-order chi connectivity index (χ0) is 23.8. The van der Waals surface area contributed by atoms with E-state index in [1.807, 2.05) is 24.3 Å². The van der Waals surface area contributed by atoms with Gasteiger partial charge in [-0.2, -0.15) is 0 Å². The highest BCUT2D eigenvalue weighted by atomic mass is 32.2. The molecule has 4 saturated carbocycles. The van der Waals surface area contributed by atoms with E-state index in [2.05, 4.69) is 18.6 Å². The van der Waals surface area contributed by atoms with E-state index in [-0.39, 0.29) is 5.91 Å². The molecule has 188 valence electrons. The molecule has 4 fully saturated rings. The third-order valence-electron chi connectivity index (χ3n) is 11.1. The number of carbonyl (C=O) groups excluding carboxylic acids is 1. The van der Waals surface area contributed by atoms with Crippen LogP contribution >= 0.6 is 11.9 Å². The van der Waals surface area contributed by atoms with Crippen molar-refractivity contribution in [2.75, 3.05) is 7.11 Å². The van der Waals surface area contributed by atoms with Crippen molar-refractivity contribution in [2.45, 2.75) is 102 Å². The van der Waals surface area contributed by atoms with E-state index < -0.39 is 0 Å². The Bertz CT molecular complexity index is 873. The monoisotopic (exact) mass is 483 g/mol. The maximum absolute atomic E-state index is 12.5. The first-order valence-electron chi connectivity index (χ1n) is 14.0. The summed E-state index contributed by atoms with van der Waals surface area (Å²) >= 11 is 1.40. The molecular weight excluding hydrogens is 438 g/mol. The molecule has 5 rings (SSSR count). The molecule has 7 unspecified atom stereocenters. The van der Waals surface area contributed by atoms with E-state index in [4.69, 9.17) is 4.74 Å². The van der Waals surface area contributed by atoms with Crippen molar-refractivity contribution < 1.29 is 9.53 Å². The predicted molar refractivity (Wildman–Crippen MR) is 141 cm³/mol. The summed E-state index contributed by atoms with van der Waals surface area (Å²) < 4.78 is 8.31. The summed E-state index contributed by atoms with van der Waals surface area (Å²) in [7, 11) is 1.67. The average Bonchev–Trinajstić information content (AvgIpc) is 3.19. The fraction of sp³-hybridized carbons (Fsp3) is 0.767. The molecule has 0 bridgehead atoms. The molecule has 0 radical (unpaired) electrons. The Hall–Kier alpha value is -1.16. The van der Waals surface area contributed by atoms with Crippen molar-refractivity contribution in [1.29, 1.82) is 0 Å². The number of benzene rings is 1. The molecule has 1 aromatic carbocycles. The van der Waals surface area contributed by atoms with E-state index in [0.29, 0.717) is 17.3 Å². The standard InChI is InChI=1S/C30H45NO2S/c1-29-18-5-4-8-21(29)13-15-25-26-16-14-22(30(26,2)19-17-27(25)29)9-6-12-28(32)31-34-24-11-7-10-23(20-24)33-3/h7,10-11,20-22,25-27H,4-6,8-9,12-19H2,1-3H3,(H,31,32). The predicted octanol–water partition coefficient (Wildman–Crippen LogP) is 8.04. The molecule has 0 spiro atoms. The minimum absolute atomic E-state index is 0.153. The highest BCUT2D eigenvalue weighted by Crippen LogP contribution is 2.67. The molecule has 1 aromatic rings. The third kappa shape index (κ3) is 4.53. The second-order valence-corrected chi connectivity index (χ2v) is 13.3. The van der Waals surface area contributed by atoms with Gasteiger partial charge in [0.25, 0.3) is 0 Å². The van der Waals surface area contributed by atoms with Gasteiger partial charge in [0, 0.05) is 11.3 Å². The molecule has 0 aromatic heterocycles. The van der Waals surface area contributed by atoms with Crippen LogP contribution in [0.15, 0.2) is 29.2 Å². The summed E-state index contributed by atoms with van der Waals surface area (Å²) in [5.41, 5.74) is 1.16. The second-order valence-electron chi connectivity index (χ2n) is 12.4. The zero-order valence-electron chi connectivity index (χ0n) is 21.6. The van der Waals surface area contributed by atoms with Crippen molar-refractivity contribution >= 4 is 17.9 Å². The lowest BCUT2D eigenvalue weighted by Crippen LogP contribution is -2.52. The highest BCUT2D eigenvalue weighted by Gasteiger charge is 2.59. The number of fused-ring (bicyclic) bond motifs is 5. The normalized spacial score (nSPS) is 39.0. The third-order valence-corrected chi connectivity index (χ3v) is 11.9. The van der Waals surface area contributed by atoms with Crippen molar-refractivity contribution in [3.8, 4) is 5.75 Å². The lowest BCUT2D eigenvalue weighted by molar-refractivity contribution is -0.119. The van der Waals surface area contributed by atoms with Gasteiger partial charge in [-0.3, -0.25) is 9.52 Å². The van der Waals surface area contributed by atoms with Gasteiger partial charge in [0.05, 0.1) is 7.11 Å². The van der Waals surface area contributed by atoms with Gasteiger partial charge >= 0.3 is 0 Å². The van der Waals surface area contributed by atoms with Crippen LogP contribution in [0.5, 0.6) is 5.75 Å². The Morgan fingerprint density at radius 1 is 1.03 bits per heavy atom. The maximum Gasteiger partial charge on any atom is 0.230 e. The second kappa shape index (κ2) is 10.1. The van der Waals surface area contributed by atoms with Crippen LogP contribution in [0.25, 0.3) is 0 Å². The number of hydrogen-bond acceptors (Lipinski definition) is 3. The number of carbonyl (C=O) groups is 1. The number of methoxy groups -OCH3 is 1. The minimum Gasteiger partial charge on any atom is -0.497 e. The van der Waals surface area contributed by atoms with Crippen LogP contribution in [0.1, 0.15) is 97.3 Å². The summed E-state index contributed by atoms with van der Waals surface area (Å²) in [4.78, 5) is 13.5. The van der Waals surface area contributed by atoms with E-state index in [1.54, 1.807) is 7.11 Å². The first-order chi connectivity index (χ1) is 16.4. The van der Waals surface area contributed by atoms with Crippen molar-refractivity contribution in [1.82, 2.24) is 4.72 Å². The molecular formula is C30H45NO2S. The molecule has 4 aliphatic rings. The van der Waals surface area contributed by atoms with Crippen LogP contribution in [0.4, 0.5) is 0 Å². The van der Waals surface area contributed by atoms with Crippen molar-refractivity contribution in [2.24, 2.45) is 40.4 Å². The van der Waals surface area contributed by atoms with E-state index in [1.165, 1.54) is 82.6 Å². The molecule has 1 N–H and O–H groups in total. The van der Waals surface area contributed by atoms with Gasteiger partial charge in [0.15, 0.2) is 0 Å². The minimum atomic E-state index is 0.153. The summed E-state index contributed by atoms with van der Waals surface area (Å²) in [6, 6.07) is 7.85. The average molecular weight is 484 g/mol. The Kier molecular flexibility index (Phi) is 7.27. The van der Waals surface area contributed by atoms with Gasteiger partial charge in [0.2, 0.25) is 5.91 Å². The molecule has 3 nitrogen and oxygen atoms in total. The van der Waals surface area contributed by atoms with Gasteiger partial charge < -0.3 is 4.74 Å². The molecule has 0 aliphatic heterocycles. The molecule has 1 amide bonds. The number of rotatable bonds is 7. The number of ether oxygens (including phenoxy) is 1. The summed E-state index contributed by atoms with van der Waals surface area (Å²) in [6.45, 7) is 5.32. The van der Waals surface area contributed by atoms with Crippen LogP contribution in [0.3, 0.4) is 0 Å². The Balaban J connectivity index is 1.12. The maximum atomic E-state index is 12.5. The zero-order valence-corrected chi connectivity index (χ0v) is 22.4.